The van der Waals surface area contributed by atoms with Gasteiger partial charge in [-0.1, -0.05) is 79.8 Å². The highest BCUT2D eigenvalue weighted by molar-refractivity contribution is 6.10. The molecule has 0 heterocycles. The Morgan fingerprint density at radius 1 is 0.862 bits per heavy atom. The van der Waals surface area contributed by atoms with Crippen molar-refractivity contribution in [2.24, 2.45) is 5.92 Å². The zero-order valence-electron chi connectivity index (χ0n) is 16.7. The van der Waals surface area contributed by atoms with E-state index in [0.717, 1.165) is 16.7 Å². The monoisotopic (exact) mass is 380 g/mol. The number of ketones is 2. The summed E-state index contributed by atoms with van der Waals surface area (Å²) in [5.74, 6) is 0.136. The molecule has 29 heavy (non-hydrogen) atoms. The summed E-state index contributed by atoms with van der Waals surface area (Å²) in [7, 11) is 0. The van der Waals surface area contributed by atoms with E-state index in [1.165, 1.54) is 0 Å². The summed E-state index contributed by atoms with van der Waals surface area (Å²) in [6.45, 7) is 4.00. The van der Waals surface area contributed by atoms with Gasteiger partial charge in [0.1, 0.15) is 0 Å². The fourth-order valence-corrected chi connectivity index (χ4v) is 3.00. The first-order valence-corrected chi connectivity index (χ1v) is 9.69. The second-order valence-corrected chi connectivity index (χ2v) is 7.16. The van der Waals surface area contributed by atoms with Gasteiger partial charge in [0.15, 0.2) is 11.6 Å². The quantitative estimate of drug-likeness (QED) is 0.434. The van der Waals surface area contributed by atoms with E-state index in [1.807, 2.05) is 61.5 Å². The predicted octanol–water partition coefficient (Wildman–Crippen LogP) is 6.32. The molecule has 1 unspecified atom stereocenters. The minimum absolute atomic E-state index is 0.120. The van der Waals surface area contributed by atoms with Crippen LogP contribution in [0.5, 0.6) is 0 Å². The van der Waals surface area contributed by atoms with Crippen molar-refractivity contribution in [2.45, 2.75) is 13.8 Å². The minimum atomic E-state index is -0.121. The van der Waals surface area contributed by atoms with Crippen molar-refractivity contribution in [1.82, 2.24) is 0 Å². The van der Waals surface area contributed by atoms with E-state index in [4.69, 9.17) is 0 Å². The lowest BCUT2D eigenvalue weighted by atomic mass is 10.00. The molecule has 0 fully saturated rings. The van der Waals surface area contributed by atoms with Gasteiger partial charge in [-0.2, -0.15) is 0 Å². The van der Waals surface area contributed by atoms with Crippen LogP contribution in [0, 0.1) is 12.8 Å². The minimum Gasteiger partial charge on any atom is -0.289 e. The Hall–Kier alpha value is -3.52. The summed E-state index contributed by atoms with van der Waals surface area (Å²) >= 11 is 0. The van der Waals surface area contributed by atoms with Crippen molar-refractivity contribution in [1.29, 1.82) is 0 Å². The molecule has 0 radical (unpaired) electrons. The summed E-state index contributed by atoms with van der Waals surface area (Å²) in [5, 5.41) is 0. The molecule has 1 aliphatic rings. The van der Waals surface area contributed by atoms with Gasteiger partial charge in [-0.15, -0.1) is 0 Å². The number of aryl methyl sites for hydroxylation is 1. The molecule has 0 aromatic heterocycles. The molecule has 0 N–H and O–H groups in total. The molecule has 0 saturated carbocycles. The van der Waals surface area contributed by atoms with E-state index in [0.29, 0.717) is 17.0 Å². The molecule has 2 nitrogen and oxygen atoms in total. The number of allylic oxidation sites excluding steroid dienone is 9. The van der Waals surface area contributed by atoms with Crippen LogP contribution < -0.4 is 0 Å². The zero-order valence-corrected chi connectivity index (χ0v) is 16.7. The molecule has 1 aliphatic carbocycles. The third-order valence-electron chi connectivity index (χ3n) is 4.60. The van der Waals surface area contributed by atoms with Crippen LogP contribution in [0.1, 0.15) is 38.8 Å². The lowest BCUT2D eigenvalue weighted by molar-refractivity contribution is 0.104. The van der Waals surface area contributed by atoms with Gasteiger partial charge < -0.3 is 0 Å². The number of carbonyl (C=O) groups excluding carboxylic acids is 2. The molecular formula is C27H24O2. The first-order valence-electron chi connectivity index (χ1n) is 9.69. The van der Waals surface area contributed by atoms with Crippen LogP contribution in [0.25, 0.3) is 6.08 Å². The zero-order chi connectivity index (χ0) is 20.6. The number of carbonyl (C=O) groups is 2. The molecule has 0 saturated heterocycles. The fourth-order valence-electron chi connectivity index (χ4n) is 3.00. The van der Waals surface area contributed by atoms with Crippen molar-refractivity contribution < 1.29 is 9.59 Å². The van der Waals surface area contributed by atoms with E-state index in [2.05, 4.69) is 19.1 Å². The number of benzene rings is 2. The van der Waals surface area contributed by atoms with Gasteiger partial charge in [0.05, 0.1) is 0 Å². The SMILES string of the molecule is Cc1cc(C(=O)/C=C/C2=CC=CC(C)C=C2)cc(C(=O)/C=C/c2ccccc2)c1. The van der Waals surface area contributed by atoms with Crippen molar-refractivity contribution in [3.05, 3.63) is 125 Å². The Balaban J connectivity index is 1.77. The van der Waals surface area contributed by atoms with Gasteiger partial charge in [-0.05, 0) is 59.9 Å². The van der Waals surface area contributed by atoms with Crippen LogP contribution in [-0.4, -0.2) is 11.6 Å². The summed E-state index contributed by atoms with van der Waals surface area (Å²) in [6.07, 6.45) is 16.9. The van der Waals surface area contributed by atoms with Gasteiger partial charge >= 0.3 is 0 Å². The molecule has 144 valence electrons. The van der Waals surface area contributed by atoms with Gasteiger partial charge in [-0.25, -0.2) is 0 Å². The Labute approximate surface area is 172 Å². The maximum absolute atomic E-state index is 12.7. The standard InChI is InChI=1S/C27H24O2/c1-20-7-6-10-23(12-11-20)14-16-27(29)25-18-21(2)17-24(19-25)26(28)15-13-22-8-4-3-5-9-22/h3-20H,1-2H3/b15-13+,16-14+. The molecular weight excluding hydrogens is 356 g/mol. The van der Waals surface area contributed by atoms with Gasteiger partial charge in [0, 0.05) is 11.1 Å². The van der Waals surface area contributed by atoms with Gasteiger partial charge in [0.2, 0.25) is 0 Å². The average molecular weight is 380 g/mol. The maximum Gasteiger partial charge on any atom is 0.185 e. The highest BCUT2D eigenvalue weighted by atomic mass is 16.1. The largest absolute Gasteiger partial charge is 0.289 e. The summed E-state index contributed by atoms with van der Waals surface area (Å²) < 4.78 is 0. The smallest absolute Gasteiger partial charge is 0.185 e. The van der Waals surface area contributed by atoms with E-state index in [9.17, 15) is 9.59 Å². The van der Waals surface area contributed by atoms with Crippen molar-refractivity contribution in [3.63, 3.8) is 0 Å². The molecule has 0 aliphatic heterocycles. The summed E-state index contributed by atoms with van der Waals surface area (Å²) in [5.41, 5.74) is 3.83. The molecule has 3 rings (SSSR count). The van der Waals surface area contributed by atoms with Crippen molar-refractivity contribution >= 4 is 17.6 Å². The third kappa shape index (κ3) is 5.98. The Morgan fingerprint density at radius 2 is 1.52 bits per heavy atom. The third-order valence-corrected chi connectivity index (χ3v) is 4.60. The molecule has 0 bridgehead atoms. The molecule has 2 heteroatoms. The number of hydrogen-bond donors (Lipinski definition) is 0. The molecule has 0 spiro atoms. The Morgan fingerprint density at radius 3 is 2.21 bits per heavy atom. The predicted molar refractivity (Wildman–Crippen MR) is 120 cm³/mol. The van der Waals surface area contributed by atoms with E-state index < -0.39 is 0 Å². The highest BCUT2D eigenvalue weighted by Gasteiger charge is 2.09. The number of hydrogen-bond acceptors (Lipinski definition) is 2. The second kappa shape index (κ2) is 9.61. The lowest BCUT2D eigenvalue weighted by Crippen LogP contribution is -2.01. The van der Waals surface area contributed by atoms with Crippen LogP contribution in [0.15, 0.2) is 103 Å². The lowest BCUT2D eigenvalue weighted by Gasteiger charge is -2.03. The second-order valence-electron chi connectivity index (χ2n) is 7.16. The van der Waals surface area contributed by atoms with Crippen LogP contribution in [0.4, 0.5) is 0 Å². The first kappa shape index (κ1) is 20.2. The van der Waals surface area contributed by atoms with E-state index in [1.54, 1.807) is 36.4 Å². The highest BCUT2D eigenvalue weighted by Crippen LogP contribution is 2.15. The first-order chi connectivity index (χ1) is 14.0. The Bertz CT molecular complexity index is 1050. The maximum atomic E-state index is 12.7. The van der Waals surface area contributed by atoms with E-state index >= 15 is 0 Å². The summed E-state index contributed by atoms with van der Waals surface area (Å²) in [6, 6.07) is 14.9. The van der Waals surface area contributed by atoms with Crippen molar-refractivity contribution in [3.8, 4) is 0 Å². The Kier molecular flexibility index (Phi) is 6.70. The molecule has 2 aromatic carbocycles. The fraction of sp³-hybridized carbons (Fsp3) is 0.111. The van der Waals surface area contributed by atoms with Crippen LogP contribution in [0.2, 0.25) is 0 Å². The van der Waals surface area contributed by atoms with Crippen molar-refractivity contribution in [2.75, 3.05) is 0 Å². The molecule has 1 atom stereocenters. The van der Waals surface area contributed by atoms with Crippen LogP contribution >= 0.6 is 0 Å². The van der Waals surface area contributed by atoms with Crippen LogP contribution in [-0.2, 0) is 0 Å². The summed E-state index contributed by atoms with van der Waals surface area (Å²) in [4.78, 5) is 25.2. The van der Waals surface area contributed by atoms with Crippen LogP contribution in [0.3, 0.4) is 0 Å². The van der Waals surface area contributed by atoms with Gasteiger partial charge in [-0.3, -0.25) is 9.59 Å². The van der Waals surface area contributed by atoms with E-state index in [-0.39, 0.29) is 11.6 Å². The normalized spacial score (nSPS) is 16.2. The molecule has 0 amide bonds. The van der Waals surface area contributed by atoms with Gasteiger partial charge in [0.25, 0.3) is 0 Å². The average Bonchev–Trinajstić information content (AvgIpc) is 2.94. The molecule has 2 aromatic rings. The topological polar surface area (TPSA) is 34.1 Å². The number of rotatable bonds is 6.